The van der Waals surface area contributed by atoms with Crippen LogP contribution in [0.3, 0.4) is 0 Å². The molecule has 2 saturated carbocycles. The van der Waals surface area contributed by atoms with E-state index < -0.39 is 0 Å². The lowest BCUT2D eigenvalue weighted by Crippen LogP contribution is -2.54. The second kappa shape index (κ2) is 7.80. The summed E-state index contributed by atoms with van der Waals surface area (Å²) < 4.78 is 1.04. The van der Waals surface area contributed by atoms with Gasteiger partial charge in [0.25, 0.3) is 0 Å². The summed E-state index contributed by atoms with van der Waals surface area (Å²) >= 11 is 3.42. The molecule has 3 rings (SSSR count). The molecule has 3 nitrogen and oxygen atoms in total. The molecule has 3 N–H and O–H groups in total. The molecule has 0 aliphatic heterocycles. The van der Waals surface area contributed by atoms with E-state index in [0.29, 0.717) is 30.3 Å². The number of hydrogen-bond acceptors (Lipinski definition) is 2. The van der Waals surface area contributed by atoms with E-state index in [4.69, 9.17) is 5.73 Å². The quantitative estimate of drug-likeness (QED) is 0.835. The van der Waals surface area contributed by atoms with Gasteiger partial charge in [0.2, 0.25) is 5.91 Å². The summed E-state index contributed by atoms with van der Waals surface area (Å²) in [6.45, 7) is 0. The Bertz CT molecular complexity index is 494. The van der Waals surface area contributed by atoms with E-state index in [0.717, 1.165) is 22.9 Å². The number of halogens is 2. The molecule has 5 heteroatoms. The Hall–Kier alpha value is -0.580. The van der Waals surface area contributed by atoms with Crippen LogP contribution in [0.25, 0.3) is 0 Å². The summed E-state index contributed by atoms with van der Waals surface area (Å²) in [5.41, 5.74) is 7.20. The number of hydrogen-bond donors (Lipinski definition) is 2. The molecule has 0 saturated heterocycles. The van der Waals surface area contributed by atoms with Crippen LogP contribution in [0.5, 0.6) is 0 Å². The number of benzene rings is 1. The molecular weight excluding hydrogens is 364 g/mol. The predicted octanol–water partition coefficient (Wildman–Crippen LogP) is 3.44. The van der Waals surface area contributed by atoms with Gasteiger partial charge in [-0.15, -0.1) is 12.4 Å². The first-order chi connectivity index (χ1) is 10.1. The zero-order chi connectivity index (χ0) is 14.8. The van der Waals surface area contributed by atoms with Crippen molar-refractivity contribution in [2.75, 3.05) is 0 Å². The van der Waals surface area contributed by atoms with Gasteiger partial charge in [0, 0.05) is 16.6 Å². The van der Waals surface area contributed by atoms with Crippen molar-refractivity contribution in [1.29, 1.82) is 0 Å². The second-order valence-electron chi connectivity index (χ2n) is 6.58. The van der Waals surface area contributed by atoms with E-state index in [-0.39, 0.29) is 18.3 Å². The van der Waals surface area contributed by atoms with Crippen LogP contribution in [0.2, 0.25) is 0 Å². The van der Waals surface area contributed by atoms with Gasteiger partial charge in [-0.05, 0) is 55.2 Å². The van der Waals surface area contributed by atoms with Crippen LogP contribution < -0.4 is 11.1 Å². The number of amides is 1. The van der Waals surface area contributed by atoms with Crippen molar-refractivity contribution in [2.45, 2.75) is 50.6 Å². The van der Waals surface area contributed by atoms with Gasteiger partial charge in [-0.25, -0.2) is 0 Å². The van der Waals surface area contributed by atoms with Crippen molar-refractivity contribution in [1.82, 2.24) is 5.32 Å². The zero-order valence-corrected chi connectivity index (χ0v) is 15.0. The Kier molecular flexibility index (Phi) is 6.30. The van der Waals surface area contributed by atoms with Gasteiger partial charge >= 0.3 is 0 Å². The third-order valence-electron chi connectivity index (χ3n) is 4.98. The number of rotatable bonds is 3. The van der Waals surface area contributed by atoms with Gasteiger partial charge in [-0.3, -0.25) is 4.79 Å². The standard InChI is InChI=1S/C17H23BrN2O.ClH/c18-14-6-4-11(5-7-14)8-16(21)20-17-12-2-1-3-13(17)10-15(19)9-12;/h4-7,12-13,15,17H,1-3,8-10,19H2,(H,20,21);1H. The summed E-state index contributed by atoms with van der Waals surface area (Å²) in [5, 5.41) is 3.30. The number of nitrogens with two attached hydrogens (primary N) is 1. The Morgan fingerprint density at radius 1 is 1.18 bits per heavy atom. The molecular formula is C17H24BrClN2O. The molecule has 0 spiro atoms. The van der Waals surface area contributed by atoms with Crippen LogP contribution in [0.4, 0.5) is 0 Å². The van der Waals surface area contributed by atoms with E-state index in [1.54, 1.807) is 0 Å². The molecule has 2 aliphatic carbocycles. The van der Waals surface area contributed by atoms with Gasteiger partial charge in [-0.1, -0.05) is 34.5 Å². The van der Waals surface area contributed by atoms with E-state index in [1.165, 1.54) is 19.3 Å². The average molecular weight is 388 g/mol. The molecule has 0 radical (unpaired) electrons. The number of fused-ring (bicyclic) bond motifs is 2. The van der Waals surface area contributed by atoms with E-state index in [1.807, 2.05) is 24.3 Å². The van der Waals surface area contributed by atoms with Gasteiger partial charge in [0.1, 0.15) is 0 Å². The molecule has 22 heavy (non-hydrogen) atoms. The van der Waals surface area contributed by atoms with Crippen molar-refractivity contribution in [3.05, 3.63) is 34.3 Å². The third kappa shape index (κ3) is 4.24. The minimum absolute atomic E-state index is 0. The third-order valence-corrected chi connectivity index (χ3v) is 5.51. The fraction of sp³-hybridized carbons (Fsp3) is 0.588. The molecule has 1 aromatic carbocycles. The smallest absolute Gasteiger partial charge is 0.224 e. The maximum absolute atomic E-state index is 12.3. The zero-order valence-electron chi connectivity index (χ0n) is 12.6. The van der Waals surface area contributed by atoms with Crippen LogP contribution in [0, 0.1) is 11.8 Å². The lowest BCUT2D eigenvalue weighted by atomic mass is 9.67. The molecule has 2 fully saturated rings. The first-order valence-corrected chi connectivity index (χ1v) is 8.70. The Balaban J connectivity index is 0.00000176. The average Bonchev–Trinajstić information content (AvgIpc) is 2.42. The van der Waals surface area contributed by atoms with Crippen LogP contribution in [-0.2, 0) is 11.2 Å². The van der Waals surface area contributed by atoms with E-state index in [9.17, 15) is 4.79 Å². The molecule has 2 bridgehead atoms. The summed E-state index contributed by atoms with van der Waals surface area (Å²) in [6, 6.07) is 8.65. The van der Waals surface area contributed by atoms with Crippen molar-refractivity contribution in [2.24, 2.45) is 17.6 Å². The van der Waals surface area contributed by atoms with E-state index >= 15 is 0 Å². The summed E-state index contributed by atoms with van der Waals surface area (Å²) in [5.74, 6) is 1.32. The highest BCUT2D eigenvalue weighted by Gasteiger charge is 2.39. The molecule has 2 atom stereocenters. The predicted molar refractivity (Wildman–Crippen MR) is 95.1 cm³/mol. The lowest BCUT2D eigenvalue weighted by Gasteiger charge is -2.45. The Morgan fingerprint density at radius 2 is 1.77 bits per heavy atom. The van der Waals surface area contributed by atoms with Crippen LogP contribution >= 0.6 is 28.3 Å². The van der Waals surface area contributed by atoms with Crippen molar-refractivity contribution in [3.8, 4) is 0 Å². The van der Waals surface area contributed by atoms with Crippen molar-refractivity contribution >= 4 is 34.2 Å². The van der Waals surface area contributed by atoms with Gasteiger partial charge in [0.15, 0.2) is 0 Å². The van der Waals surface area contributed by atoms with Crippen LogP contribution in [0.1, 0.15) is 37.7 Å². The lowest BCUT2D eigenvalue weighted by molar-refractivity contribution is -0.122. The van der Waals surface area contributed by atoms with Crippen molar-refractivity contribution in [3.63, 3.8) is 0 Å². The minimum Gasteiger partial charge on any atom is -0.353 e. The largest absolute Gasteiger partial charge is 0.353 e. The van der Waals surface area contributed by atoms with Crippen LogP contribution in [0.15, 0.2) is 28.7 Å². The number of carbonyl (C=O) groups excluding carboxylic acids is 1. The SMILES string of the molecule is Cl.NC1CC2CCCC(C1)C2NC(=O)Cc1ccc(Br)cc1. The number of carbonyl (C=O) groups is 1. The normalized spacial score (nSPS) is 30.3. The van der Waals surface area contributed by atoms with Crippen molar-refractivity contribution < 1.29 is 4.79 Å². The van der Waals surface area contributed by atoms with Gasteiger partial charge < -0.3 is 11.1 Å². The Labute approximate surface area is 147 Å². The van der Waals surface area contributed by atoms with Gasteiger partial charge in [0.05, 0.1) is 6.42 Å². The fourth-order valence-electron chi connectivity index (χ4n) is 4.05. The molecule has 1 aromatic rings. The summed E-state index contributed by atoms with van der Waals surface area (Å²) in [6.07, 6.45) is 6.33. The highest BCUT2D eigenvalue weighted by Crippen LogP contribution is 2.39. The fourth-order valence-corrected chi connectivity index (χ4v) is 4.31. The summed E-state index contributed by atoms with van der Waals surface area (Å²) in [4.78, 5) is 12.3. The molecule has 122 valence electrons. The van der Waals surface area contributed by atoms with Gasteiger partial charge in [-0.2, -0.15) is 0 Å². The molecule has 0 aromatic heterocycles. The second-order valence-corrected chi connectivity index (χ2v) is 7.49. The molecule has 1 amide bonds. The van der Waals surface area contributed by atoms with E-state index in [2.05, 4.69) is 21.2 Å². The van der Waals surface area contributed by atoms with Crippen LogP contribution in [-0.4, -0.2) is 18.0 Å². The highest BCUT2D eigenvalue weighted by molar-refractivity contribution is 9.10. The molecule has 0 heterocycles. The highest BCUT2D eigenvalue weighted by atomic mass is 79.9. The molecule has 2 unspecified atom stereocenters. The summed E-state index contributed by atoms with van der Waals surface area (Å²) in [7, 11) is 0. The first kappa shape index (κ1) is 17.8. The minimum atomic E-state index is 0. The number of nitrogens with one attached hydrogen (secondary N) is 1. The maximum Gasteiger partial charge on any atom is 0.224 e. The Morgan fingerprint density at radius 3 is 2.36 bits per heavy atom. The molecule has 2 aliphatic rings. The topological polar surface area (TPSA) is 55.1 Å². The first-order valence-electron chi connectivity index (χ1n) is 7.91. The monoisotopic (exact) mass is 386 g/mol. The maximum atomic E-state index is 12.3.